The lowest BCUT2D eigenvalue weighted by atomic mass is 9.90. The van der Waals surface area contributed by atoms with Crippen LogP contribution in [0.3, 0.4) is 0 Å². The number of para-hydroxylation sites is 1. The van der Waals surface area contributed by atoms with Crippen molar-refractivity contribution in [2.75, 3.05) is 26.3 Å². The molecular weight excluding hydrogens is 406 g/mol. The van der Waals surface area contributed by atoms with Crippen molar-refractivity contribution in [1.82, 2.24) is 9.91 Å². The molecule has 0 bridgehead atoms. The van der Waals surface area contributed by atoms with Gasteiger partial charge in [-0.15, -0.1) is 0 Å². The lowest BCUT2D eigenvalue weighted by Gasteiger charge is -2.51. The summed E-state index contributed by atoms with van der Waals surface area (Å²) < 4.78 is 17.9. The number of hydrogen-bond donors (Lipinski definition) is 0. The second kappa shape index (κ2) is 8.37. The molecule has 168 valence electrons. The summed E-state index contributed by atoms with van der Waals surface area (Å²) in [5, 5.41) is 7.24. The van der Waals surface area contributed by atoms with Crippen LogP contribution in [0.5, 0.6) is 11.5 Å². The average Bonchev–Trinajstić information content (AvgIpc) is 3.28. The third-order valence-corrected chi connectivity index (χ3v) is 6.47. The Morgan fingerprint density at radius 1 is 1.09 bits per heavy atom. The first kappa shape index (κ1) is 20.7. The van der Waals surface area contributed by atoms with E-state index in [9.17, 15) is 4.79 Å². The summed E-state index contributed by atoms with van der Waals surface area (Å²) in [5.41, 5.74) is 2.67. The third-order valence-electron chi connectivity index (χ3n) is 6.47. The number of fused-ring (bicyclic) bond motifs is 4. The molecule has 1 atom stereocenters. The Morgan fingerprint density at radius 3 is 2.59 bits per heavy atom. The van der Waals surface area contributed by atoms with Crippen LogP contribution in [0.2, 0.25) is 0 Å². The predicted octanol–water partition coefficient (Wildman–Crippen LogP) is 4.58. The van der Waals surface area contributed by atoms with Gasteiger partial charge in [0, 0.05) is 37.9 Å². The van der Waals surface area contributed by atoms with Gasteiger partial charge in [-0.25, -0.2) is 9.80 Å². The van der Waals surface area contributed by atoms with Gasteiger partial charge >= 0.3 is 6.09 Å². The summed E-state index contributed by atoms with van der Waals surface area (Å²) in [6.45, 7) is 5.88. The molecular formula is C25H29N3O4. The lowest BCUT2D eigenvalue weighted by molar-refractivity contribution is -0.148. The SMILES string of the molecule is CCOC(=O)N1CCC2(CC1)Oc1c(OCC)cccc1[C@@H]1CC(c3ccccc3)=NN12. The normalized spacial score (nSPS) is 20.8. The number of carbonyl (C=O) groups is 1. The molecule has 0 N–H and O–H groups in total. The van der Waals surface area contributed by atoms with Crippen molar-refractivity contribution in [3.8, 4) is 11.5 Å². The standard InChI is InChI=1S/C25H29N3O4/c1-3-30-22-12-8-11-19-21-17-20(18-9-6-5-7-10-18)26-28(21)25(32-23(19)22)13-15-27(16-14-25)24(29)31-4-2/h5-12,21H,3-4,13-17H2,1-2H3/t21-/m0/s1. The van der Waals surface area contributed by atoms with E-state index in [1.54, 1.807) is 4.90 Å². The molecule has 1 fully saturated rings. The highest BCUT2D eigenvalue weighted by molar-refractivity contribution is 6.02. The average molecular weight is 436 g/mol. The predicted molar refractivity (Wildman–Crippen MR) is 121 cm³/mol. The van der Waals surface area contributed by atoms with Crippen molar-refractivity contribution in [3.05, 3.63) is 59.7 Å². The Bertz CT molecular complexity index is 1020. The maximum atomic E-state index is 12.3. The number of piperidine rings is 1. The first-order chi connectivity index (χ1) is 15.6. The van der Waals surface area contributed by atoms with Gasteiger partial charge in [-0.1, -0.05) is 42.5 Å². The van der Waals surface area contributed by atoms with Crippen molar-refractivity contribution < 1.29 is 19.0 Å². The summed E-state index contributed by atoms with van der Waals surface area (Å²) in [7, 11) is 0. The number of nitrogens with zero attached hydrogens (tertiary/aromatic N) is 3. The second-order valence-corrected chi connectivity index (χ2v) is 8.32. The minimum Gasteiger partial charge on any atom is -0.490 e. The molecule has 0 saturated carbocycles. The van der Waals surface area contributed by atoms with E-state index in [1.807, 2.05) is 44.2 Å². The minimum atomic E-state index is -0.621. The molecule has 1 spiro atoms. The maximum Gasteiger partial charge on any atom is 0.409 e. The van der Waals surface area contributed by atoms with Gasteiger partial charge in [0.25, 0.3) is 0 Å². The largest absolute Gasteiger partial charge is 0.490 e. The van der Waals surface area contributed by atoms with Crippen molar-refractivity contribution in [3.63, 3.8) is 0 Å². The van der Waals surface area contributed by atoms with E-state index in [0.717, 1.165) is 34.8 Å². The molecule has 1 saturated heterocycles. The first-order valence-corrected chi connectivity index (χ1v) is 11.4. The van der Waals surface area contributed by atoms with Gasteiger partial charge in [0.05, 0.1) is 25.0 Å². The number of amides is 1. The van der Waals surface area contributed by atoms with Crippen molar-refractivity contribution >= 4 is 11.8 Å². The number of likely N-dealkylation sites (tertiary alicyclic amines) is 1. The van der Waals surface area contributed by atoms with E-state index in [2.05, 4.69) is 23.2 Å². The maximum absolute atomic E-state index is 12.3. The second-order valence-electron chi connectivity index (χ2n) is 8.32. The van der Waals surface area contributed by atoms with Gasteiger partial charge in [0.2, 0.25) is 5.72 Å². The highest BCUT2D eigenvalue weighted by Crippen LogP contribution is 2.52. The molecule has 7 nitrogen and oxygen atoms in total. The molecule has 3 heterocycles. The fraction of sp³-hybridized carbons (Fsp3) is 0.440. The highest BCUT2D eigenvalue weighted by atomic mass is 16.6. The monoisotopic (exact) mass is 435 g/mol. The van der Waals surface area contributed by atoms with Crippen LogP contribution < -0.4 is 9.47 Å². The Labute approximate surface area is 188 Å². The number of benzene rings is 2. The summed E-state index contributed by atoms with van der Waals surface area (Å²) >= 11 is 0. The number of carbonyl (C=O) groups excluding carboxylic acids is 1. The first-order valence-electron chi connectivity index (χ1n) is 11.4. The zero-order chi connectivity index (χ0) is 22.1. The van der Waals surface area contributed by atoms with E-state index < -0.39 is 5.72 Å². The zero-order valence-electron chi connectivity index (χ0n) is 18.6. The van der Waals surface area contributed by atoms with Gasteiger partial charge in [-0.2, -0.15) is 5.10 Å². The lowest BCUT2D eigenvalue weighted by Crippen LogP contribution is -2.59. The highest BCUT2D eigenvalue weighted by Gasteiger charge is 2.53. The third kappa shape index (κ3) is 3.45. The fourth-order valence-corrected chi connectivity index (χ4v) is 4.93. The Kier molecular flexibility index (Phi) is 5.41. The molecule has 0 aliphatic carbocycles. The van der Waals surface area contributed by atoms with Gasteiger partial charge in [0.15, 0.2) is 11.5 Å². The quantitative estimate of drug-likeness (QED) is 0.704. The number of hydrazone groups is 1. The van der Waals surface area contributed by atoms with Crippen LogP contribution in [-0.4, -0.2) is 53.7 Å². The van der Waals surface area contributed by atoms with E-state index in [0.29, 0.717) is 39.1 Å². The van der Waals surface area contributed by atoms with Crippen molar-refractivity contribution in [2.45, 2.75) is 44.9 Å². The van der Waals surface area contributed by atoms with Crippen molar-refractivity contribution in [1.29, 1.82) is 0 Å². The molecule has 3 aliphatic rings. The van der Waals surface area contributed by atoms with Crippen LogP contribution in [0.4, 0.5) is 4.79 Å². The van der Waals surface area contributed by atoms with Crippen LogP contribution in [0.1, 0.15) is 50.3 Å². The molecule has 5 rings (SSSR count). The van der Waals surface area contributed by atoms with Gasteiger partial charge < -0.3 is 19.1 Å². The van der Waals surface area contributed by atoms with Crippen LogP contribution in [0, 0.1) is 0 Å². The van der Waals surface area contributed by atoms with E-state index in [4.69, 9.17) is 19.3 Å². The smallest absolute Gasteiger partial charge is 0.409 e. The molecule has 0 radical (unpaired) electrons. The molecule has 0 aromatic heterocycles. The van der Waals surface area contributed by atoms with Crippen LogP contribution in [-0.2, 0) is 4.74 Å². The Hall–Kier alpha value is -3.22. The summed E-state index contributed by atoms with van der Waals surface area (Å²) in [4.78, 5) is 14.0. The summed E-state index contributed by atoms with van der Waals surface area (Å²) in [6.07, 6.45) is 1.83. The molecule has 1 amide bonds. The molecule has 7 heteroatoms. The zero-order valence-corrected chi connectivity index (χ0v) is 18.6. The fourth-order valence-electron chi connectivity index (χ4n) is 4.93. The van der Waals surface area contributed by atoms with Gasteiger partial charge in [0.1, 0.15) is 0 Å². The molecule has 3 aliphatic heterocycles. The summed E-state index contributed by atoms with van der Waals surface area (Å²) in [6, 6.07) is 16.5. The molecule has 2 aromatic rings. The van der Waals surface area contributed by atoms with E-state index in [-0.39, 0.29) is 12.1 Å². The van der Waals surface area contributed by atoms with E-state index in [1.165, 1.54) is 0 Å². The number of rotatable bonds is 4. The van der Waals surface area contributed by atoms with Crippen LogP contribution in [0.15, 0.2) is 53.6 Å². The van der Waals surface area contributed by atoms with Gasteiger partial charge in [-0.3, -0.25) is 0 Å². The van der Waals surface area contributed by atoms with Crippen molar-refractivity contribution in [2.24, 2.45) is 5.10 Å². The Morgan fingerprint density at radius 2 is 1.88 bits per heavy atom. The van der Waals surface area contributed by atoms with E-state index >= 15 is 0 Å². The number of ether oxygens (including phenoxy) is 3. The molecule has 0 unspecified atom stereocenters. The Balaban J connectivity index is 1.52. The van der Waals surface area contributed by atoms with Crippen LogP contribution >= 0.6 is 0 Å². The molecule has 32 heavy (non-hydrogen) atoms. The topological polar surface area (TPSA) is 63.6 Å². The minimum absolute atomic E-state index is 0.0727. The van der Waals surface area contributed by atoms with Gasteiger partial charge in [-0.05, 0) is 25.5 Å². The van der Waals surface area contributed by atoms with Crippen LogP contribution in [0.25, 0.3) is 0 Å². The number of hydrogen-bond acceptors (Lipinski definition) is 6. The summed E-state index contributed by atoms with van der Waals surface area (Å²) in [5.74, 6) is 1.58. The molecule has 2 aromatic carbocycles.